The third-order valence-corrected chi connectivity index (χ3v) is 11.5. The maximum atomic E-state index is 13.1. The monoisotopic (exact) mass is 804 g/mol. The van der Waals surface area contributed by atoms with E-state index in [1.807, 2.05) is 0 Å². The molecule has 6 heteroatoms. The van der Waals surface area contributed by atoms with Crippen LogP contribution in [0.5, 0.6) is 0 Å². The molecule has 3 atom stereocenters. The molecule has 0 radical (unpaired) electrons. The van der Waals surface area contributed by atoms with Crippen molar-refractivity contribution < 1.29 is 24.5 Å². The van der Waals surface area contributed by atoms with Gasteiger partial charge in [-0.3, -0.25) is 9.59 Å². The Morgan fingerprint density at radius 3 is 1.33 bits per heavy atom. The summed E-state index contributed by atoms with van der Waals surface area (Å²) >= 11 is 0. The van der Waals surface area contributed by atoms with E-state index >= 15 is 0 Å². The summed E-state index contributed by atoms with van der Waals surface area (Å²) in [4.78, 5) is 26.0. The summed E-state index contributed by atoms with van der Waals surface area (Å²) in [6, 6.07) is -0.704. The van der Waals surface area contributed by atoms with E-state index in [2.05, 4.69) is 50.4 Å². The largest absolute Gasteiger partial charge is 0.462 e. The smallest absolute Gasteiger partial charge is 0.306 e. The first-order valence-corrected chi connectivity index (χ1v) is 25.1. The van der Waals surface area contributed by atoms with Crippen molar-refractivity contribution in [1.29, 1.82) is 0 Å². The molecule has 3 N–H and O–H groups in total. The average molecular weight is 804 g/mol. The van der Waals surface area contributed by atoms with E-state index in [0.29, 0.717) is 19.3 Å². The number of rotatable bonds is 45. The van der Waals surface area contributed by atoms with Crippen molar-refractivity contribution in [2.75, 3.05) is 6.61 Å². The highest BCUT2D eigenvalue weighted by Gasteiger charge is 2.24. The summed E-state index contributed by atoms with van der Waals surface area (Å²) < 4.78 is 5.88. The Hall–Kier alpha value is -1.66. The van der Waals surface area contributed by atoms with Crippen molar-refractivity contribution in [2.45, 2.75) is 283 Å². The Bertz CT molecular complexity index is 904. The number of carbonyl (C=O) groups is 2. The molecular weight excluding hydrogens is 707 g/mol. The van der Waals surface area contributed by atoms with Crippen molar-refractivity contribution in [1.82, 2.24) is 5.32 Å². The number of unbranched alkanes of at least 4 members (excludes halogenated alkanes) is 29. The maximum Gasteiger partial charge on any atom is 0.306 e. The molecule has 3 unspecified atom stereocenters. The molecule has 0 bridgehead atoms. The average Bonchev–Trinajstić information content (AvgIpc) is 3.20. The molecule has 0 spiro atoms. The molecule has 0 aliphatic rings. The Morgan fingerprint density at radius 2 is 0.877 bits per heavy atom. The molecule has 57 heavy (non-hydrogen) atoms. The summed E-state index contributed by atoms with van der Waals surface area (Å²) in [6.07, 6.45) is 51.1. The van der Waals surface area contributed by atoms with Gasteiger partial charge in [0.15, 0.2) is 0 Å². The SMILES string of the molecule is CCC/C=C\CCCCCC(CC(=O)NC(CO)C(O)CCCCCCCCCCCCCCCCCC)OC(=O)CCCCC/C=C\CCCCCCCCC. The number of allylic oxidation sites excluding steroid dienone is 4. The fourth-order valence-corrected chi connectivity index (χ4v) is 7.66. The first-order valence-electron chi connectivity index (χ1n) is 25.1. The molecule has 0 aromatic carbocycles. The summed E-state index contributed by atoms with van der Waals surface area (Å²) in [5.41, 5.74) is 0. The number of aliphatic hydroxyl groups excluding tert-OH is 2. The summed E-state index contributed by atoms with van der Waals surface area (Å²) in [6.45, 7) is 6.41. The van der Waals surface area contributed by atoms with Gasteiger partial charge < -0.3 is 20.3 Å². The molecule has 1 amide bonds. The second kappa shape index (κ2) is 45.4. The van der Waals surface area contributed by atoms with Gasteiger partial charge in [0.05, 0.1) is 25.2 Å². The summed E-state index contributed by atoms with van der Waals surface area (Å²) in [5.74, 6) is -0.504. The summed E-state index contributed by atoms with van der Waals surface area (Å²) in [7, 11) is 0. The topological polar surface area (TPSA) is 95.9 Å². The van der Waals surface area contributed by atoms with E-state index in [9.17, 15) is 19.8 Å². The normalized spacial score (nSPS) is 13.4. The molecule has 0 rings (SSSR count). The molecule has 0 saturated heterocycles. The number of hydrogen-bond acceptors (Lipinski definition) is 5. The number of aliphatic hydroxyl groups is 2. The molecule has 0 aromatic rings. The molecule has 0 fully saturated rings. The zero-order chi connectivity index (χ0) is 41.7. The van der Waals surface area contributed by atoms with E-state index in [1.165, 1.54) is 141 Å². The van der Waals surface area contributed by atoms with Gasteiger partial charge in [0.1, 0.15) is 6.10 Å². The lowest BCUT2D eigenvalue weighted by atomic mass is 10.0. The molecule has 0 saturated carbocycles. The number of ether oxygens (including phenoxy) is 1. The molecule has 6 nitrogen and oxygen atoms in total. The number of hydrogen-bond donors (Lipinski definition) is 3. The molecule has 0 aliphatic carbocycles. The van der Waals surface area contributed by atoms with E-state index < -0.39 is 18.2 Å². The van der Waals surface area contributed by atoms with Crippen molar-refractivity contribution in [3.8, 4) is 0 Å². The second-order valence-electron chi connectivity index (χ2n) is 17.2. The summed E-state index contributed by atoms with van der Waals surface area (Å²) in [5, 5.41) is 23.7. The molecular formula is C51H97NO5. The quantitative estimate of drug-likeness (QED) is 0.0324. The van der Waals surface area contributed by atoms with Gasteiger partial charge in [-0.25, -0.2) is 0 Å². The second-order valence-corrected chi connectivity index (χ2v) is 17.2. The molecule has 0 aromatic heterocycles. The first-order chi connectivity index (χ1) is 28.0. The van der Waals surface area contributed by atoms with Crippen LogP contribution in [0.4, 0.5) is 0 Å². The predicted octanol–water partition coefficient (Wildman–Crippen LogP) is 14.7. The van der Waals surface area contributed by atoms with E-state index in [4.69, 9.17) is 4.74 Å². The van der Waals surface area contributed by atoms with Crippen LogP contribution in [0, 0.1) is 0 Å². The van der Waals surface area contributed by atoms with E-state index in [-0.39, 0.29) is 24.9 Å². The van der Waals surface area contributed by atoms with Crippen LogP contribution >= 0.6 is 0 Å². The van der Waals surface area contributed by atoms with Crippen LogP contribution < -0.4 is 5.32 Å². The lowest BCUT2D eigenvalue weighted by Crippen LogP contribution is -2.46. The van der Waals surface area contributed by atoms with Gasteiger partial charge in [-0.1, -0.05) is 206 Å². The minimum atomic E-state index is -0.789. The van der Waals surface area contributed by atoms with Gasteiger partial charge in [0.2, 0.25) is 5.91 Å². The van der Waals surface area contributed by atoms with E-state index in [0.717, 1.165) is 77.0 Å². The lowest BCUT2D eigenvalue weighted by Gasteiger charge is -2.24. The fourth-order valence-electron chi connectivity index (χ4n) is 7.66. The Labute approximate surface area is 354 Å². The standard InChI is InChI=1S/C51H97NO5/c1-4-7-10-13-16-19-21-23-25-26-27-29-31-34-37-40-43-49(54)48(46-53)52-50(55)45-47(42-39-36-33-18-15-12-9-6-3)57-51(56)44-41-38-35-32-30-28-24-22-20-17-14-11-8-5-2/h12,15,28,30,47-49,53-54H,4-11,13-14,16-27,29,31-46H2,1-3H3,(H,52,55)/b15-12-,30-28-. The Balaban J connectivity index is 4.41. The fraction of sp³-hybridized carbons (Fsp3) is 0.882. The minimum Gasteiger partial charge on any atom is -0.462 e. The molecule has 0 heterocycles. The zero-order valence-corrected chi connectivity index (χ0v) is 38.2. The van der Waals surface area contributed by atoms with Gasteiger partial charge >= 0.3 is 5.97 Å². The third-order valence-electron chi connectivity index (χ3n) is 11.5. The van der Waals surface area contributed by atoms with Crippen molar-refractivity contribution in [2.24, 2.45) is 0 Å². The van der Waals surface area contributed by atoms with Gasteiger partial charge in [-0.15, -0.1) is 0 Å². The molecule has 336 valence electrons. The predicted molar refractivity (Wildman–Crippen MR) is 246 cm³/mol. The minimum absolute atomic E-state index is 0.0634. The van der Waals surface area contributed by atoms with Crippen LogP contribution in [0.15, 0.2) is 24.3 Å². The number of nitrogens with one attached hydrogen (secondary N) is 1. The van der Waals surface area contributed by atoms with Gasteiger partial charge in [-0.05, 0) is 70.6 Å². The number of esters is 1. The van der Waals surface area contributed by atoms with Crippen molar-refractivity contribution in [3.63, 3.8) is 0 Å². The van der Waals surface area contributed by atoms with Crippen LogP contribution in [0.25, 0.3) is 0 Å². The Kier molecular flexibility index (Phi) is 44.1. The van der Waals surface area contributed by atoms with Crippen LogP contribution in [0.2, 0.25) is 0 Å². The first kappa shape index (κ1) is 55.3. The van der Waals surface area contributed by atoms with E-state index in [1.54, 1.807) is 0 Å². The third kappa shape index (κ3) is 40.9. The highest BCUT2D eigenvalue weighted by molar-refractivity contribution is 5.77. The Morgan fingerprint density at radius 1 is 0.491 bits per heavy atom. The highest BCUT2D eigenvalue weighted by atomic mass is 16.5. The maximum absolute atomic E-state index is 13.1. The van der Waals surface area contributed by atoms with Gasteiger partial charge in [0.25, 0.3) is 0 Å². The van der Waals surface area contributed by atoms with Crippen LogP contribution in [-0.2, 0) is 14.3 Å². The highest BCUT2D eigenvalue weighted by Crippen LogP contribution is 2.17. The lowest BCUT2D eigenvalue weighted by molar-refractivity contribution is -0.151. The molecule has 0 aliphatic heterocycles. The number of amides is 1. The van der Waals surface area contributed by atoms with Crippen molar-refractivity contribution in [3.05, 3.63) is 24.3 Å². The number of carbonyl (C=O) groups excluding carboxylic acids is 2. The van der Waals surface area contributed by atoms with Crippen molar-refractivity contribution >= 4 is 11.9 Å². The zero-order valence-electron chi connectivity index (χ0n) is 38.2. The van der Waals surface area contributed by atoms with Crippen LogP contribution in [0.1, 0.15) is 265 Å². The van der Waals surface area contributed by atoms with Gasteiger partial charge in [-0.2, -0.15) is 0 Å². The van der Waals surface area contributed by atoms with Crippen LogP contribution in [0.3, 0.4) is 0 Å². The van der Waals surface area contributed by atoms with Crippen LogP contribution in [-0.4, -0.2) is 46.9 Å². The van der Waals surface area contributed by atoms with Gasteiger partial charge in [0, 0.05) is 6.42 Å².